The molecule has 2 aromatic carbocycles. The summed E-state index contributed by atoms with van der Waals surface area (Å²) in [5.74, 6) is 0.589. The van der Waals surface area contributed by atoms with Crippen LogP contribution >= 0.6 is 11.6 Å². The third-order valence-corrected chi connectivity index (χ3v) is 5.17. The smallest absolute Gasteiger partial charge is 0.321 e. The number of amides is 2. The highest BCUT2D eigenvalue weighted by Crippen LogP contribution is 2.34. The monoisotopic (exact) mass is 341 g/mol. The van der Waals surface area contributed by atoms with Crippen molar-refractivity contribution >= 4 is 23.3 Å². The Morgan fingerprint density at radius 3 is 2.71 bits per heavy atom. The first-order valence-corrected chi connectivity index (χ1v) is 8.66. The van der Waals surface area contributed by atoms with Gasteiger partial charge in [0.1, 0.15) is 0 Å². The van der Waals surface area contributed by atoms with E-state index in [-0.39, 0.29) is 6.03 Å². The molecule has 5 heteroatoms. The molecule has 2 amide bonds. The number of para-hydroxylation sites is 1. The molecule has 0 aromatic heterocycles. The minimum Gasteiger partial charge on any atom is -0.323 e. The molecular weight excluding hydrogens is 322 g/mol. The van der Waals surface area contributed by atoms with Crippen LogP contribution in [-0.2, 0) is 6.54 Å². The Kier molecular flexibility index (Phi) is 4.17. The van der Waals surface area contributed by atoms with Crippen LogP contribution in [0, 0.1) is 5.92 Å². The van der Waals surface area contributed by atoms with Crippen molar-refractivity contribution in [3.63, 3.8) is 0 Å². The molecule has 4 rings (SSSR count). The van der Waals surface area contributed by atoms with Crippen molar-refractivity contribution in [1.29, 1.82) is 0 Å². The Morgan fingerprint density at radius 1 is 1.08 bits per heavy atom. The minimum absolute atomic E-state index is 0.00157. The maximum absolute atomic E-state index is 12.4. The van der Waals surface area contributed by atoms with Crippen LogP contribution in [0.2, 0.25) is 5.02 Å². The Bertz CT molecular complexity index is 736. The van der Waals surface area contributed by atoms with Crippen LogP contribution in [0.1, 0.15) is 5.56 Å². The second-order valence-corrected chi connectivity index (χ2v) is 7.02. The zero-order valence-electron chi connectivity index (χ0n) is 13.4. The van der Waals surface area contributed by atoms with Gasteiger partial charge in [-0.05, 0) is 29.8 Å². The molecule has 0 bridgehead atoms. The fourth-order valence-corrected chi connectivity index (χ4v) is 3.90. The largest absolute Gasteiger partial charge is 0.323 e. The molecule has 2 heterocycles. The van der Waals surface area contributed by atoms with Gasteiger partial charge in [-0.25, -0.2) is 4.79 Å². The minimum atomic E-state index is -0.00157. The third kappa shape index (κ3) is 3.12. The van der Waals surface area contributed by atoms with E-state index in [0.717, 1.165) is 36.9 Å². The van der Waals surface area contributed by atoms with Crippen molar-refractivity contribution in [3.05, 3.63) is 65.2 Å². The number of anilines is 1. The van der Waals surface area contributed by atoms with Crippen molar-refractivity contribution in [2.45, 2.75) is 12.6 Å². The molecule has 4 nitrogen and oxygen atoms in total. The molecule has 0 unspecified atom stereocenters. The van der Waals surface area contributed by atoms with Crippen LogP contribution in [-0.4, -0.2) is 41.5 Å². The van der Waals surface area contributed by atoms with Crippen LogP contribution in [0.25, 0.3) is 0 Å². The summed E-state index contributed by atoms with van der Waals surface area (Å²) >= 11 is 6.06. The van der Waals surface area contributed by atoms with E-state index in [9.17, 15) is 4.79 Å². The van der Waals surface area contributed by atoms with Gasteiger partial charge in [0, 0.05) is 48.8 Å². The number of fused-ring (bicyclic) bond motifs is 1. The van der Waals surface area contributed by atoms with E-state index < -0.39 is 0 Å². The average molecular weight is 342 g/mol. The lowest BCUT2D eigenvalue weighted by atomic mass is 9.91. The highest BCUT2D eigenvalue weighted by atomic mass is 35.5. The first-order valence-electron chi connectivity index (χ1n) is 8.28. The summed E-state index contributed by atoms with van der Waals surface area (Å²) in [7, 11) is 0. The number of likely N-dealkylation sites (tertiary alicyclic amines) is 2. The zero-order chi connectivity index (χ0) is 16.5. The van der Waals surface area contributed by atoms with Gasteiger partial charge >= 0.3 is 6.03 Å². The number of rotatable bonds is 3. The van der Waals surface area contributed by atoms with E-state index >= 15 is 0 Å². The number of hydrogen-bond donors (Lipinski definition) is 1. The van der Waals surface area contributed by atoms with E-state index in [0.29, 0.717) is 12.0 Å². The van der Waals surface area contributed by atoms with Crippen molar-refractivity contribution < 1.29 is 4.79 Å². The number of nitrogens with one attached hydrogen (secondary N) is 1. The molecule has 24 heavy (non-hydrogen) atoms. The van der Waals surface area contributed by atoms with Crippen LogP contribution in [0.5, 0.6) is 0 Å². The molecule has 124 valence electrons. The molecule has 2 saturated heterocycles. The number of carbonyl (C=O) groups excluding carboxylic acids is 1. The lowest BCUT2D eigenvalue weighted by molar-refractivity contribution is 0.0435. The van der Waals surface area contributed by atoms with Gasteiger partial charge in [0.05, 0.1) is 0 Å². The fraction of sp³-hybridized carbons (Fsp3) is 0.316. The number of urea groups is 1. The first kappa shape index (κ1) is 15.5. The third-order valence-electron chi connectivity index (χ3n) is 4.93. The summed E-state index contributed by atoms with van der Waals surface area (Å²) in [6, 6.07) is 18.1. The molecule has 0 aliphatic carbocycles. The van der Waals surface area contributed by atoms with Gasteiger partial charge in [0.25, 0.3) is 0 Å². The van der Waals surface area contributed by atoms with Crippen molar-refractivity contribution in [1.82, 2.24) is 9.80 Å². The number of hydrogen-bond acceptors (Lipinski definition) is 2. The average Bonchev–Trinajstić information content (AvgIpc) is 2.91. The number of carbonyl (C=O) groups is 1. The molecule has 2 aromatic rings. The zero-order valence-corrected chi connectivity index (χ0v) is 14.1. The van der Waals surface area contributed by atoms with E-state index in [2.05, 4.69) is 16.3 Å². The Hall–Kier alpha value is -2.04. The Morgan fingerprint density at radius 2 is 1.92 bits per heavy atom. The highest BCUT2D eigenvalue weighted by molar-refractivity contribution is 6.30. The predicted octanol–water partition coefficient (Wildman–Crippen LogP) is 3.69. The van der Waals surface area contributed by atoms with Crippen LogP contribution in [0.4, 0.5) is 10.5 Å². The second kappa shape index (κ2) is 6.46. The van der Waals surface area contributed by atoms with Crippen molar-refractivity contribution in [3.8, 4) is 0 Å². The van der Waals surface area contributed by atoms with E-state index in [4.69, 9.17) is 11.6 Å². The summed E-state index contributed by atoms with van der Waals surface area (Å²) < 4.78 is 0. The molecule has 2 aliphatic heterocycles. The van der Waals surface area contributed by atoms with Gasteiger partial charge in [-0.2, -0.15) is 0 Å². The standard InChI is InChI=1S/C19H20ClN3O/c20-16-6-4-5-14(9-16)10-22-11-15-12-23(13-18(15)22)19(24)21-17-7-2-1-3-8-17/h1-9,15,18H,10-13H2,(H,21,24)/t15-,18+/m1/s1. The molecular formula is C19H20ClN3O. The quantitative estimate of drug-likeness (QED) is 0.924. The maximum atomic E-state index is 12.4. The fourth-order valence-electron chi connectivity index (χ4n) is 3.69. The van der Waals surface area contributed by atoms with Gasteiger partial charge in [0.2, 0.25) is 0 Å². The molecule has 2 atom stereocenters. The SMILES string of the molecule is O=C(Nc1ccccc1)N1C[C@H]2CN(Cc3cccc(Cl)c3)[C@H]2C1. The highest BCUT2D eigenvalue weighted by Gasteiger charge is 2.46. The van der Waals surface area contributed by atoms with Crippen molar-refractivity contribution in [2.24, 2.45) is 5.92 Å². The summed E-state index contributed by atoms with van der Waals surface area (Å²) in [6.45, 7) is 3.58. The number of benzene rings is 2. The normalized spacial score (nSPS) is 22.8. The van der Waals surface area contributed by atoms with Gasteiger partial charge < -0.3 is 10.2 Å². The summed E-state index contributed by atoms with van der Waals surface area (Å²) in [5.41, 5.74) is 2.07. The molecule has 0 radical (unpaired) electrons. The van der Waals surface area contributed by atoms with Crippen LogP contribution in [0.15, 0.2) is 54.6 Å². The molecule has 0 spiro atoms. The van der Waals surface area contributed by atoms with Crippen LogP contribution < -0.4 is 5.32 Å². The van der Waals surface area contributed by atoms with Gasteiger partial charge in [-0.15, -0.1) is 0 Å². The maximum Gasteiger partial charge on any atom is 0.321 e. The molecule has 0 saturated carbocycles. The lowest BCUT2D eigenvalue weighted by Gasteiger charge is -2.43. The van der Waals surface area contributed by atoms with Gasteiger partial charge in [-0.1, -0.05) is 41.9 Å². The first-order chi connectivity index (χ1) is 11.7. The van der Waals surface area contributed by atoms with Gasteiger partial charge in [-0.3, -0.25) is 4.90 Å². The Labute approximate surface area is 147 Å². The van der Waals surface area contributed by atoms with E-state index in [1.807, 2.05) is 53.4 Å². The summed E-state index contributed by atoms with van der Waals surface area (Å²) in [6.07, 6.45) is 0. The molecule has 1 N–H and O–H groups in total. The number of halogens is 1. The van der Waals surface area contributed by atoms with E-state index in [1.165, 1.54) is 5.56 Å². The molecule has 2 aliphatic rings. The van der Waals surface area contributed by atoms with E-state index in [1.54, 1.807) is 0 Å². The van der Waals surface area contributed by atoms with Crippen LogP contribution in [0.3, 0.4) is 0 Å². The Balaban J connectivity index is 1.34. The lowest BCUT2D eigenvalue weighted by Crippen LogP contribution is -2.54. The second-order valence-electron chi connectivity index (χ2n) is 6.59. The topological polar surface area (TPSA) is 35.6 Å². The summed E-state index contributed by atoms with van der Waals surface area (Å²) in [4.78, 5) is 16.8. The van der Waals surface area contributed by atoms with Gasteiger partial charge in [0.15, 0.2) is 0 Å². The summed E-state index contributed by atoms with van der Waals surface area (Å²) in [5, 5.41) is 3.75. The van der Waals surface area contributed by atoms with Crippen molar-refractivity contribution in [2.75, 3.05) is 25.0 Å². The molecule has 2 fully saturated rings. The number of nitrogens with zero attached hydrogens (tertiary/aromatic N) is 2. The predicted molar refractivity (Wildman–Crippen MR) is 96.2 cm³/mol.